The summed E-state index contributed by atoms with van der Waals surface area (Å²) in [4.78, 5) is 2.45. The molecular weight excluding hydrogens is 246 g/mol. The standard InChI is InChI=1S/C17H25N3/c1-2-11-20(14-17-9-6-10-19-17)13-16(12-18)15-7-4-3-5-8-15/h3-5,7-8,16-17,19H,2,6,9-11,13-14H2,1H3. The van der Waals surface area contributed by atoms with Gasteiger partial charge in [0, 0.05) is 19.1 Å². The Morgan fingerprint density at radius 1 is 1.40 bits per heavy atom. The minimum Gasteiger partial charge on any atom is -0.313 e. The fourth-order valence-electron chi connectivity index (χ4n) is 2.96. The molecule has 1 aliphatic heterocycles. The lowest BCUT2D eigenvalue weighted by molar-refractivity contribution is 0.245. The summed E-state index contributed by atoms with van der Waals surface area (Å²) in [7, 11) is 0. The topological polar surface area (TPSA) is 39.1 Å². The average Bonchev–Trinajstić information content (AvgIpc) is 2.98. The Hall–Kier alpha value is -1.37. The smallest absolute Gasteiger partial charge is 0.0839 e. The fourth-order valence-corrected chi connectivity index (χ4v) is 2.96. The highest BCUT2D eigenvalue weighted by Gasteiger charge is 2.20. The molecule has 1 aromatic carbocycles. The SMILES string of the molecule is CCCN(CC1CCCN1)CC(C#N)c1ccccc1. The first-order valence-corrected chi connectivity index (χ1v) is 7.73. The second-order valence-corrected chi connectivity index (χ2v) is 5.65. The van der Waals surface area contributed by atoms with Crippen LogP contribution in [0.5, 0.6) is 0 Å². The van der Waals surface area contributed by atoms with Gasteiger partial charge in [0.25, 0.3) is 0 Å². The van der Waals surface area contributed by atoms with E-state index in [4.69, 9.17) is 0 Å². The number of nitrogens with zero attached hydrogens (tertiary/aromatic N) is 2. The van der Waals surface area contributed by atoms with Crippen molar-refractivity contribution in [3.05, 3.63) is 35.9 Å². The highest BCUT2D eigenvalue weighted by molar-refractivity contribution is 5.25. The van der Waals surface area contributed by atoms with E-state index in [1.807, 2.05) is 18.2 Å². The van der Waals surface area contributed by atoms with Crippen molar-refractivity contribution in [2.45, 2.75) is 38.1 Å². The van der Waals surface area contributed by atoms with Gasteiger partial charge in [-0.3, -0.25) is 0 Å². The third-order valence-electron chi connectivity index (χ3n) is 3.98. The Labute approximate surface area is 122 Å². The number of hydrogen-bond acceptors (Lipinski definition) is 3. The molecule has 2 rings (SSSR count). The van der Waals surface area contributed by atoms with E-state index >= 15 is 0 Å². The molecule has 0 radical (unpaired) electrons. The van der Waals surface area contributed by atoms with Crippen LogP contribution in [0.4, 0.5) is 0 Å². The van der Waals surface area contributed by atoms with Crippen molar-refractivity contribution >= 4 is 0 Å². The second kappa shape index (κ2) is 8.04. The molecule has 1 N–H and O–H groups in total. The maximum Gasteiger partial charge on any atom is 0.0839 e. The zero-order valence-electron chi connectivity index (χ0n) is 12.4. The summed E-state index contributed by atoms with van der Waals surface area (Å²) in [6.07, 6.45) is 3.69. The van der Waals surface area contributed by atoms with E-state index in [1.165, 1.54) is 12.8 Å². The van der Waals surface area contributed by atoms with Gasteiger partial charge in [0.05, 0.1) is 12.0 Å². The van der Waals surface area contributed by atoms with Gasteiger partial charge in [-0.1, -0.05) is 37.3 Å². The molecule has 0 bridgehead atoms. The van der Waals surface area contributed by atoms with Gasteiger partial charge >= 0.3 is 0 Å². The minimum absolute atomic E-state index is 0.0239. The molecule has 0 spiro atoms. The van der Waals surface area contributed by atoms with Crippen molar-refractivity contribution in [3.63, 3.8) is 0 Å². The maximum absolute atomic E-state index is 9.47. The number of rotatable bonds is 7. The molecule has 3 heteroatoms. The highest BCUT2D eigenvalue weighted by atomic mass is 15.2. The van der Waals surface area contributed by atoms with Gasteiger partial charge in [-0.2, -0.15) is 5.26 Å². The largest absolute Gasteiger partial charge is 0.313 e. The van der Waals surface area contributed by atoms with Crippen molar-refractivity contribution in [1.82, 2.24) is 10.2 Å². The van der Waals surface area contributed by atoms with Crippen LogP contribution in [-0.4, -0.2) is 37.1 Å². The van der Waals surface area contributed by atoms with Crippen LogP contribution in [0.2, 0.25) is 0 Å². The van der Waals surface area contributed by atoms with Crippen LogP contribution < -0.4 is 5.32 Å². The quantitative estimate of drug-likeness (QED) is 0.829. The summed E-state index contributed by atoms with van der Waals surface area (Å²) in [6, 6.07) is 13.2. The molecule has 3 nitrogen and oxygen atoms in total. The lowest BCUT2D eigenvalue weighted by Gasteiger charge is -2.27. The van der Waals surface area contributed by atoms with Crippen molar-refractivity contribution < 1.29 is 0 Å². The molecule has 108 valence electrons. The lowest BCUT2D eigenvalue weighted by Crippen LogP contribution is -2.39. The molecule has 0 amide bonds. The van der Waals surface area contributed by atoms with Crippen LogP contribution in [0.3, 0.4) is 0 Å². The first-order chi connectivity index (χ1) is 9.83. The monoisotopic (exact) mass is 271 g/mol. The van der Waals surface area contributed by atoms with Crippen LogP contribution in [0, 0.1) is 11.3 Å². The second-order valence-electron chi connectivity index (χ2n) is 5.65. The first-order valence-electron chi connectivity index (χ1n) is 7.73. The normalized spacial score (nSPS) is 19.9. The molecule has 0 aliphatic carbocycles. The molecule has 20 heavy (non-hydrogen) atoms. The van der Waals surface area contributed by atoms with Crippen LogP contribution in [0.1, 0.15) is 37.7 Å². The average molecular weight is 271 g/mol. The van der Waals surface area contributed by atoms with E-state index in [1.54, 1.807) is 0 Å². The van der Waals surface area contributed by atoms with Crippen molar-refractivity contribution in [3.8, 4) is 6.07 Å². The molecule has 0 saturated carbocycles. The zero-order valence-corrected chi connectivity index (χ0v) is 12.4. The number of benzene rings is 1. The molecular formula is C17H25N3. The Kier molecular flexibility index (Phi) is 6.04. The number of hydrogen-bond donors (Lipinski definition) is 1. The Balaban J connectivity index is 1.96. The van der Waals surface area contributed by atoms with E-state index in [0.717, 1.165) is 38.2 Å². The Morgan fingerprint density at radius 3 is 2.80 bits per heavy atom. The summed E-state index contributed by atoms with van der Waals surface area (Å²) in [5.74, 6) is -0.0239. The van der Waals surface area contributed by atoms with Crippen molar-refractivity contribution in [2.24, 2.45) is 0 Å². The third-order valence-corrected chi connectivity index (χ3v) is 3.98. The van der Waals surface area contributed by atoms with Crippen LogP contribution in [0.15, 0.2) is 30.3 Å². The summed E-state index contributed by atoms with van der Waals surface area (Å²) in [6.45, 7) is 6.33. The van der Waals surface area contributed by atoms with E-state index < -0.39 is 0 Å². The lowest BCUT2D eigenvalue weighted by atomic mass is 9.99. The summed E-state index contributed by atoms with van der Waals surface area (Å²) >= 11 is 0. The third kappa shape index (κ3) is 4.33. The van der Waals surface area contributed by atoms with Gasteiger partial charge in [-0.25, -0.2) is 0 Å². The summed E-state index contributed by atoms with van der Waals surface area (Å²) in [5, 5.41) is 13.0. The molecule has 1 aromatic rings. The van der Waals surface area contributed by atoms with Gasteiger partial charge in [0.15, 0.2) is 0 Å². The van der Waals surface area contributed by atoms with Crippen molar-refractivity contribution in [1.29, 1.82) is 5.26 Å². The zero-order chi connectivity index (χ0) is 14.2. The molecule has 1 fully saturated rings. The van der Waals surface area contributed by atoms with Crippen LogP contribution >= 0.6 is 0 Å². The molecule has 0 aromatic heterocycles. The van der Waals surface area contributed by atoms with Crippen LogP contribution in [0.25, 0.3) is 0 Å². The predicted molar refractivity (Wildman–Crippen MR) is 82.6 cm³/mol. The molecule has 1 heterocycles. The predicted octanol–water partition coefficient (Wildman–Crippen LogP) is 2.76. The van der Waals surface area contributed by atoms with Crippen molar-refractivity contribution in [2.75, 3.05) is 26.2 Å². The first kappa shape index (κ1) is 15.0. The van der Waals surface area contributed by atoms with Gasteiger partial charge in [0.2, 0.25) is 0 Å². The number of nitrogens with one attached hydrogen (secondary N) is 1. The molecule has 2 atom stereocenters. The molecule has 1 aliphatic rings. The molecule has 2 unspecified atom stereocenters. The fraction of sp³-hybridized carbons (Fsp3) is 0.588. The highest BCUT2D eigenvalue weighted by Crippen LogP contribution is 2.17. The number of nitriles is 1. The van der Waals surface area contributed by atoms with E-state index in [-0.39, 0.29) is 5.92 Å². The summed E-state index contributed by atoms with van der Waals surface area (Å²) < 4.78 is 0. The van der Waals surface area contributed by atoms with Gasteiger partial charge in [-0.05, 0) is 37.9 Å². The van der Waals surface area contributed by atoms with Gasteiger partial charge in [0.1, 0.15) is 0 Å². The van der Waals surface area contributed by atoms with E-state index in [9.17, 15) is 5.26 Å². The maximum atomic E-state index is 9.47. The van der Waals surface area contributed by atoms with Gasteiger partial charge in [-0.15, -0.1) is 0 Å². The van der Waals surface area contributed by atoms with Crippen LogP contribution in [-0.2, 0) is 0 Å². The van der Waals surface area contributed by atoms with E-state index in [2.05, 4.69) is 35.3 Å². The Morgan fingerprint density at radius 2 is 2.20 bits per heavy atom. The van der Waals surface area contributed by atoms with E-state index in [0.29, 0.717) is 6.04 Å². The summed E-state index contributed by atoms with van der Waals surface area (Å²) in [5.41, 5.74) is 1.13. The van der Waals surface area contributed by atoms with Gasteiger partial charge < -0.3 is 10.2 Å². The molecule has 1 saturated heterocycles. The Bertz CT molecular complexity index is 418. The minimum atomic E-state index is -0.0239.